The molecular weight excluding hydrogens is 232 g/mol. The Bertz CT molecular complexity index is 530. The molecule has 0 aromatic carbocycles. The van der Waals surface area contributed by atoms with E-state index in [0.717, 1.165) is 28.9 Å². The molecule has 1 fully saturated rings. The second kappa shape index (κ2) is 3.99. The molecule has 2 atom stereocenters. The molecule has 5 heteroatoms. The van der Waals surface area contributed by atoms with Crippen LogP contribution in [0.4, 0.5) is 5.82 Å². The molecule has 0 saturated carbocycles. The van der Waals surface area contributed by atoms with Gasteiger partial charge >= 0.3 is 0 Å². The topological polar surface area (TPSA) is 46.6 Å². The van der Waals surface area contributed by atoms with E-state index in [0.29, 0.717) is 12.6 Å². The average Bonchev–Trinajstić information content (AvgIpc) is 2.91. The van der Waals surface area contributed by atoms with Crippen LogP contribution < -0.4 is 10.6 Å². The molecule has 17 heavy (non-hydrogen) atoms. The summed E-state index contributed by atoms with van der Waals surface area (Å²) in [5, 5.41) is 2.06. The molecule has 0 amide bonds. The Kier molecular flexibility index (Phi) is 2.60. The normalized spacial score (nSPS) is 25.0. The molecule has 2 aromatic rings. The van der Waals surface area contributed by atoms with E-state index in [-0.39, 0.29) is 0 Å². The van der Waals surface area contributed by atoms with Gasteiger partial charge in [0.25, 0.3) is 0 Å². The first-order valence-electron chi connectivity index (χ1n) is 6.12. The summed E-state index contributed by atoms with van der Waals surface area (Å²) >= 11 is 1.67. The third-order valence-corrected chi connectivity index (χ3v) is 4.35. The van der Waals surface area contributed by atoms with Crippen molar-refractivity contribution in [3.8, 4) is 0 Å². The van der Waals surface area contributed by atoms with Gasteiger partial charge in [-0.25, -0.2) is 4.98 Å². The van der Waals surface area contributed by atoms with Gasteiger partial charge in [0, 0.05) is 30.7 Å². The first kappa shape index (κ1) is 11.0. The van der Waals surface area contributed by atoms with E-state index in [2.05, 4.69) is 34.7 Å². The lowest BCUT2D eigenvalue weighted by Gasteiger charge is -2.22. The molecular formula is C12H18N4S. The zero-order valence-corrected chi connectivity index (χ0v) is 11.1. The van der Waals surface area contributed by atoms with Gasteiger partial charge in [-0.15, -0.1) is 11.3 Å². The Morgan fingerprint density at radius 1 is 1.53 bits per heavy atom. The SMILES string of the molecule is CC1CC(C)N(c2nc3sccn3c2CN)C1. The lowest BCUT2D eigenvalue weighted by Crippen LogP contribution is -2.28. The number of imidazole rings is 1. The van der Waals surface area contributed by atoms with Crippen LogP contribution in [0.15, 0.2) is 11.6 Å². The van der Waals surface area contributed by atoms with E-state index in [1.54, 1.807) is 11.3 Å². The molecule has 2 N–H and O–H groups in total. The Morgan fingerprint density at radius 2 is 2.35 bits per heavy atom. The van der Waals surface area contributed by atoms with E-state index in [4.69, 9.17) is 10.7 Å². The number of fused-ring (bicyclic) bond motifs is 1. The highest BCUT2D eigenvalue weighted by atomic mass is 32.1. The minimum Gasteiger partial charge on any atom is -0.352 e. The fourth-order valence-electron chi connectivity index (χ4n) is 2.84. The molecule has 3 rings (SSSR count). The lowest BCUT2D eigenvalue weighted by atomic mass is 10.1. The van der Waals surface area contributed by atoms with Gasteiger partial charge in [0.2, 0.25) is 0 Å². The van der Waals surface area contributed by atoms with Crippen LogP contribution in [0.25, 0.3) is 4.96 Å². The van der Waals surface area contributed by atoms with Crippen LogP contribution in [0.5, 0.6) is 0 Å². The van der Waals surface area contributed by atoms with Crippen LogP contribution >= 0.6 is 11.3 Å². The Hall–Kier alpha value is -1.07. The average molecular weight is 250 g/mol. The van der Waals surface area contributed by atoms with Crippen LogP contribution in [0, 0.1) is 5.92 Å². The summed E-state index contributed by atoms with van der Waals surface area (Å²) in [6.45, 7) is 6.22. The predicted molar refractivity (Wildman–Crippen MR) is 71.5 cm³/mol. The second-order valence-corrected chi connectivity index (χ2v) is 5.86. The van der Waals surface area contributed by atoms with Gasteiger partial charge in [0.15, 0.2) is 10.8 Å². The van der Waals surface area contributed by atoms with Gasteiger partial charge in [0.05, 0.1) is 5.69 Å². The molecule has 2 unspecified atom stereocenters. The molecule has 1 aliphatic heterocycles. The summed E-state index contributed by atoms with van der Waals surface area (Å²) in [6.07, 6.45) is 3.30. The van der Waals surface area contributed by atoms with Gasteiger partial charge in [-0.05, 0) is 19.3 Å². The Morgan fingerprint density at radius 3 is 3.00 bits per heavy atom. The molecule has 0 aliphatic carbocycles. The number of nitrogens with two attached hydrogens (primary N) is 1. The van der Waals surface area contributed by atoms with Crippen molar-refractivity contribution >= 4 is 22.1 Å². The molecule has 4 nitrogen and oxygen atoms in total. The minimum absolute atomic E-state index is 0.546. The third kappa shape index (κ3) is 1.65. The van der Waals surface area contributed by atoms with Crippen LogP contribution in [0.2, 0.25) is 0 Å². The van der Waals surface area contributed by atoms with Crippen molar-refractivity contribution in [3.05, 3.63) is 17.3 Å². The molecule has 3 heterocycles. The summed E-state index contributed by atoms with van der Waals surface area (Å²) in [6, 6.07) is 0.569. The van der Waals surface area contributed by atoms with E-state index in [9.17, 15) is 0 Å². The number of hydrogen-bond acceptors (Lipinski definition) is 4. The number of hydrogen-bond donors (Lipinski definition) is 1. The summed E-state index contributed by atoms with van der Waals surface area (Å²) in [5.41, 5.74) is 7.03. The van der Waals surface area contributed by atoms with Crippen LogP contribution in [0.3, 0.4) is 0 Å². The van der Waals surface area contributed by atoms with Crippen molar-refractivity contribution in [2.45, 2.75) is 32.9 Å². The summed E-state index contributed by atoms with van der Waals surface area (Å²) in [5.74, 6) is 1.84. The van der Waals surface area contributed by atoms with Gasteiger partial charge < -0.3 is 10.6 Å². The lowest BCUT2D eigenvalue weighted by molar-refractivity contribution is 0.625. The number of thiazole rings is 1. The molecule has 2 aromatic heterocycles. The highest BCUT2D eigenvalue weighted by Gasteiger charge is 2.30. The fourth-order valence-corrected chi connectivity index (χ4v) is 3.56. The standard InChI is InChI=1S/C12H18N4S/c1-8-5-9(2)16(7-8)11-10(6-13)15-3-4-17-12(15)14-11/h3-4,8-9H,5-7,13H2,1-2H3. The van der Waals surface area contributed by atoms with E-state index in [1.165, 1.54) is 6.42 Å². The van der Waals surface area contributed by atoms with E-state index in [1.807, 2.05) is 0 Å². The largest absolute Gasteiger partial charge is 0.352 e. The van der Waals surface area contributed by atoms with Crippen LogP contribution in [-0.4, -0.2) is 22.0 Å². The zero-order valence-electron chi connectivity index (χ0n) is 10.3. The predicted octanol–water partition coefficient (Wildman–Crippen LogP) is 2.09. The molecule has 92 valence electrons. The highest BCUT2D eigenvalue weighted by Crippen LogP contribution is 2.32. The summed E-state index contributed by atoms with van der Waals surface area (Å²) in [4.78, 5) is 8.20. The molecule has 0 spiro atoms. The third-order valence-electron chi connectivity index (χ3n) is 3.59. The quantitative estimate of drug-likeness (QED) is 0.887. The van der Waals surface area contributed by atoms with Crippen LogP contribution in [0.1, 0.15) is 26.0 Å². The monoisotopic (exact) mass is 250 g/mol. The highest BCUT2D eigenvalue weighted by molar-refractivity contribution is 7.15. The van der Waals surface area contributed by atoms with Gasteiger partial charge in [-0.2, -0.15) is 0 Å². The maximum absolute atomic E-state index is 5.89. The summed E-state index contributed by atoms with van der Waals surface area (Å²) in [7, 11) is 0. The zero-order chi connectivity index (χ0) is 12.0. The Labute approximate surface area is 105 Å². The van der Waals surface area contributed by atoms with Gasteiger partial charge in [-0.3, -0.25) is 4.40 Å². The molecule has 1 aliphatic rings. The molecule has 0 radical (unpaired) electrons. The first-order valence-corrected chi connectivity index (χ1v) is 6.99. The smallest absolute Gasteiger partial charge is 0.195 e. The van der Waals surface area contributed by atoms with Crippen molar-refractivity contribution in [3.63, 3.8) is 0 Å². The maximum Gasteiger partial charge on any atom is 0.195 e. The van der Waals surface area contributed by atoms with Crippen molar-refractivity contribution in [2.75, 3.05) is 11.4 Å². The summed E-state index contributed by atoms with van der Waals surface area (Å²) < 4.78 is 2.12. The molecule has 1 saturated heterocycles. The first-order chi connectivity index (χ1) is 8.20. The molecule has 0 bridgehead atoms. The Balaban J connectivity index is 2.07. The van der Waals surface area contributed by atoms with Crippen molar-refractivity contribution in [1.82, 2.24) is 9.38 Å². The number of rotatable bonds is 2. The number of nitrogens with zero attached hydrogens (tertiary/aromatic N) is 3. The van der Waals surface area contributed by atoms with Crippen molar-refractivity contribution < 1.29 is 0 Å². The second-order valence-electron chi connectivity index (χ2n) is 4.98. The van der Waals surface area contributed by atoms with Gasteiger partial charge in [0.1, 0.15) is 0 Å². The van der Waals surface area contributed by atoms with Crippen LogP contribution in [-0.2, 0) is 6.54 Å². The maximum atomic E-state index is 5.89. The van der Waals surface area contributed by atoms with Crippen molar-refractivity contribution in [1.29, 1.82) is 0 Å². The van der Waals surface area contributed by atoms with Crippen molar-refractivity contribution in [2.24, 2.45) is 11.7 Å². The van der Waals surface area contributed by atoms with E-state index < -0.39 is 0 Å². The van der Waals surface area contributed by atoms with Gasteiger partial charge in [-0.1, -0.05) is 6.92 Å². The minimum atomic E-state index is 0.546. The van der Waals surface area contributed by atoms with E-state index >= 15 is 0 Å². The number of aromatic nitrogens is 2. The fraction of sp³-hybridized carbons (Fsp3) is 0.583. The number of anilines is 1.